The van der Waals surface area contributed by atoms with Gasteiger partial charge in [0.15, 0.2) is 6.61 Å². The molecule has 1 aliphatic rings. The molecule has 2 aromatic rings. The van der Waals surface area contributed by atoms with Gasteiger partial charge in [-0.05, 0) is 24.3 Å². The van der Waals surface area contributed by atoms with Gasteiger partial charge in [0.05, 0.1) is 5.71 Å². The molecule has 0 aromatic heterocycles. The van der Waals surface area contributed by atoms with E-state index in [0.29, 0.717) is 25.9 Å². The second-order valence-corrected chi connectivity index (χ2v) is 6.50. The molecule has 3 amide bonds. The molecule has 2 aromatic carbocycles. The monoisotopic (exact) mass is 380 g/mol. The minimum atomic E-state index is -0.171. The fraction of sp³-hybridized carbons (Fsp3) is 0.286. The van der Waals surface area contributed by atoms with Crippen molar-refractivity contribution in [3.8, 4) is 0 Å². The zero-order valence-corrected chi connectivity index (χ0v) is 15.9. The maximum Gasteiger partial charge on any atom is 0.321 e. The van der Waals surface area contributed by atoms with E-state index >= 15 is 0 Å². The number of carbonyl (C=O) groups is 2. The number of carbonyl (C=O) groups excluding carboxylic acids is 2. The first-order valence-corrected chi connectivity index (χ1v) is 9.24. The zero-order valence-electron chi connectivity index (χ0n) is 15.9. The second kappa shape index (κ2) is 9.55. The van der Waals surface area contributed by atoms with Crippen molar-refractivity contribution < 1.29 is 14.4 Å². The van der Waals surface area contributed by atoms with Gasteiger partial charge < -0.3 is 20.0 Å². The van der Waals surface area contributed by atoms with E-state index in [1.165, 1.54) is 4.90 Å². The number of rotatable bonds is 5. The Morgan fingerprint density at radius 1 is 1.04 bits per heavy atom. The third-order valence-corrected chi connectivity index (χ3v) is 4.55. The number of nitrogens with zero attached hydrogens (tertiary/aromatic N) is 3. The number of likely N-dealkylation sites (N-methyl/N-ethyl adjacent to an activating group) is 1. The summed E-state index contributed by atoms with van der Waals surface area (Å²) in [7, 11) is 1.71. The van der Waals surface area contributed by atoms with Crippen LogP contribution in [0.5, 0.6) is 0 Å². The largest absolute Gasteiger partial charge is 0.386 e. The summed E-state index contributed by atoms with van der Waals surface area (Å²) in [6, 6.07) is 18.6. The van der Waals surface area contributed by atoms with E-state index in [2.05, 4.69) is 10.5 Å². The third kappa shape index (κ3) is 5.33. The highest BCUT2D eigenvalue weighted by atomic mass is 16.6. The maximum atomic E-state index is 12.3. The molecule has 0 spiro atoms. The van der Waals surface area contributed by atoms with Crippen LogP contribution < -0.4 is 10.2 Å². The Labute approximate surface area is 164 Å². The number of piperidine rings is 1. The zero-order chi connectivity index (χ0) is 19.8. The lowest BCUT2D eigenvalue weighted by Gasteiger charge is -2.27. The summed E-state index contributed by atoms with van der Waals surface area (Å²) in [6.07, 6.45) is 1.26. The van der Waals surface area contributed by atoms with Crippen molar-refractivity contribution >= 4 is 29.0 Å². The van der Waals surface area contributed by atoms with Gasteiger partial charge in [-0.15, -0.1) is 0 Å². The Morgan fingerprint density at radius 2 is 1.64 bits per heavy atom. The Hall–Kier alpha value is -3.35. The molecule has 7 nitrogen and oxygen atoms in total. The molecule has 7 heteroatoms. The molecule has 0 bridgehead atoms. The number of benzene rings is 2. The molecule has 0 saturated carbocycles. The van der Waals surface area contributed by atoms with Crippen molar-refractivity contribution in [2.45, 2.75) is 12.8 Å². The van der Waals surface area contributed by atoms with E-state index in [1.807, 2.05) is 60.7 Å². The van der Waals surface area contributed by atoms with Crippen LogP contribution in [0.2, 0.25) is 0 Å². The number of nitrogens with one attached hydrogen (secondary N) is 1. The van der Waals surface area contributed by atoms with Crippen LogP contribution in [0.15, 0.2) is 65.8 Å². The Balaban J connectivity index is 1.41. The van der Waals surface area contributed by atoms with Crippen LogP contribution in [0.1, 0.15) is 12.8 Å². The number of urea groups is 1. The van der Waals surface area contributed by atoms with E-state index in [1.54, 1.807) is 11.9 Å². The molecule has 3 rings (SSSR count). The predicted molar refractivity (Wildman–Crippen MR) is 110 cm³/mol. The minimum absolute atomic E-state index is 0.118. The molecular formula is C21H24N4O3. The standard InChI is InChI=1S/C21H24N4O3/c1-24(19-10-6-3-7-11-19)20(26)16-28-23-18-12-14-25(15-13-18)21(27)22-17-8-4-2-5-9-17/h2-11H,12-16H2,1H3,(H,22,27). The van der Waals surface area contributed by atoms with Crippen LogP contribution in [0.25, 0.3) is 0 Å². The van der Waals surface area contributed by atoms with E-state index in [-0.39, 0.29) is 18.5 Å². The van der Waals surface area contributed by atoms with Crippen molar-refractivity contribution in [1.29, 1.82) is 0 Å². The van der Waals surface area contributed by atoms with Gasteiger partial charge in [-0.25, -0.2) is 4.79 Å². The van der Waals surface area contributed by atoms with Gasteiger partial charge in [0, 0.05) is 44.4 Å². The van der Waals surface area contributed by atoms with Crippen molar-refractivity contribution in [2.75, 3.05) is 37.0 Å². The number of amides is 3. The molecule has 0 aliphatic carbocycles. The molecule has 1 heterocycles. The summed E-state index contributed by atoms with van der Waals surface area (Å²) >= 11 is 0. The lowest BCUT2D eigenvalue weighted by atomic mass is 10.1. The lowest BCUT2D eigenvalue weighted by Crippen LogP contribution is -2.41. The van der Waals surface area contributed by atoms with E-state index < -0.39 is 0 Å². The number of likely N-dealkylation sites (tertiary alicyclic amines) is 1. The molecule has 146 valence electrons. The van der Waals surface area contributed by atoms with Gasteiger partial charge in [0.2, 0.25) is 0 Å². The Bertz CT molecular complexity index is 814. The van der Waals surface area contributed by atoms with Crippen molar-refractivity contribution in [3.05, 3.63) is 60.7 Å². The van der Waals surface area contributed by atoms with Gasteiger partial charge >= 0.3 is 6.03 Å². The van der Waals surface area contributed by atoms with Gasteiger partial charge in [0.25, 0.3) is 5.91 Å². The summed E-state index contributed by atoms with van der Waals surface area (Å²) in [5.74, 6) is -0.171. The molecule has 28 heavy (non-hydrogen) atoms. The van der Waals surface area contributed by atoms with Crippen molar-refractivity contribution in [3.63, 3.8) is 0 Å². The molecule has 1 fully saturated rings. The molecule has 0 radical (unpaired) electrons. The fourth-order valence-corrected chi connectivity index (χ4v) is 2.85. The SMILES string of the molecule is CN(C(=O)CON=C1CCN(C(=O)Nc2ccccc2)CC1)c1ccccc1. The van der Waals surface area contributed by atoms with Crippen LogP contribution in [-0.4, -0.2) is 49.3 Å². The molecular weight excluding hydrogens is 356 g/mol. The average Bonchev–Trinajstić information content (AvgIpc) is 2.75. The first-order chi connectivity index (χ1) is 13.6. The highest BCUT2D eigenvalue weighted by molar-refractivity contribution is 5.94. The topological polar surface area (TPSA) is 74.2 Å². The lowest BCUT2D eigenvalue weighted by molar-refractivity contribution is -0.122. The molecule has 1 aliphatic heterocycles. The summed E-state index contributed by atoms with van der Waals surface area (Å²) in [5, 5.41) is 6.97. The van der Waals surface area contributed by atoms with Crippen LogP contribution >= 0.6 is 0 Å². The van der Waals surface area contributed by atoms with Crippen LogP contribution in [0.4, 0.5) is 16.2 Å². The number of para-hydroxylation sites is 2. The normalized spacial score (nSPS) is 13.6. The van der Waals surface area contributed by atoms with Crippen molar-refractivity contribution in [1.82, 2.24) is 4.90 Å². The van der Waals surface area contributed by atoms with Gasteiger partial charge in [-0.3, -0.25) is 4.79 Å². The third-order valence-electron chi connectivity index (χ3n) is 4.55. The van der Waals surface area contributed by atoms with E-state index in [9.17, 15) is 9.59 Å². The van der Waals surface area contributed by atoms with Crippen LogP contribution in [0, 0.1) is 0 Å². The summed E-state index contributed by atoms with van der Waals surface area (Å²) in [4.78, 5) is 33.0. The van der Waals surface area contributed by atoms with Gasteiger partial charge in [-0.1, -0.05) is 41.6 Å². The number of anilines is 2. The quantitative estimate of drug-likeness (QED) is 0.809. The van der Waals surface area contributed by atoms with E-state index in [0.717, 1.165) is 17.1 Å². The minimum Gasteiger partial charge on any atom is -0.386 e. The van der Waals surface area contributed by atoms with Crippen molar-refractivity contribution in [2.24, 2.45) is 5.16 Å². The highest BCUT2D eigenvalue weighted by Crippen LogP contribution is 2.13. The number of hydrogen-bond acceptors (Lipinski definition) is 4. The fourth-order valence-electron chi connectivity index (χ4n) is 2.85. The Kier molecular flexibility index (Phi) is 6.62. The van der Waals surface area contributed by atoms with Crippen LogP contribution in [-0.2, 0) is 9.63 Å². The maximum absolute atomic E-state index is 12.3. The molecule has 1 N–H and O–H groups in total. The highest BCUT2D eigenvalue weighted by Gasteiger charge is 2.20. The first-order valence-electron chi connectivity index (χ1n) is 9.24. The number of hydrogen-bond donors (Lipinski definition) is 1. The molecule has 0 unspecified atom stereocenters. The first kappa shape index (κ1) is 19.4. The Morgan fingerprint density at radius 3 is 2.29 bits per heavy atom. The second-order valence-electron chi connectivity index (χ2n) is 6.50. The molecule has 1 saturated heterocycles. The van der Waals surface area contributed by atoms with E-state index in [4.69, 9.17) is 4.84 Å². The molecule has 0 atom stereocenters. The predicted octanol–water partition coefficient (Wildman–Crippen LogP) is 3.35. The average molecular weight is 380 g/mol. The van der Waals surface area contributed by atoms with Crippen LogP contribution in [0.3, 0.4) is 0 Å². The summed E-state index contributed by atoms with van der Waals surface area (Å²) < 4.78 is 0. The van der Waals surface area contributed by atoms with Gasteiger partial charge in [-0.2, -0.15) is 0 Å². The summed E-state index contributed by atoms with van der Waals surface area (Å²) in [5.41, 5.74) is 2.44. The van der Waals surface area contributed by atoms with Gasteiger partial charge in [0.1, 0.15) is 0 Å². The number of oxime groups is 1. The summed E-state index contributed by atoms with van der Waals surface area (Å²) in [6.45, 7) is 1.02. The smallest absolute Gasteiger partial charge is 0.321 e.